The fraction of sp³-hybridized carbons (Fsp3) is 0.217. The highest BCUT2D eigenvalue weighted by molar-refractivity contribution is 7.99. The van der Waals surface area contributed by atoms with Crippen LogP contribution in [0.25, 0.3) is 11.0 Å². The molecule has 7 nitrogen and oxygen atoms in total. The maximum Gasteiger partial charge on any atom is 0.264 e. The van der Waals surface area contributed by atoms with Gasteiger partial charge in [-0.15, -0.1) is 11.8 Å². The highest BCUT2D eigenvalue weighted by Crippen LogP contribution is 2.17. The van der Waals surface area contributed by atoms with Gasteiger partial charge in [-0.1, -0.05) is 41.9 Å². The van der Waals surface area contributed by atoms with Crippen molar-refractivity contribution in [2.75, 3.05) is 12.3 Å². The Morgan fingerprint density at radius 1 is 1.12 bits per heavy atom. The Bertz CT molecular complexity index is 1270. The van der Waals surface area contributed by atoms with Gasteiger partial charge in [0.2, 0.25) is 5.91 Å². The molecule has 164 valence electrons. The largest absolute Gasteiger partial charge is 0.354 e. The minimum atomic E-state index is -0.164. The molecule has 4 aromatic rings. The lowest BCUT2D eigenvalue weighted by atomic mass is 10.2. The smallest absolute Gasteiger partial charge is 0.264 e. The van der Waals surface area contributed by atoms with Gasteiger partial charge in [0.05, 0.1) is 19.3 Å². The van der Waals surface area contributed by atoms with Crippen LogP contribution in [0.3, 0.4) is 0 Å². The van der Waals surface area contributed by atoms with E-state index in [2.05, 4.69) is 15.4 Å². The number of benzene rings is 2. The normalized spacial score (nSPS) is 11.0. The maximum absolute atomic E-state index is 12.8. The van der Waals surface area contributed by atoms with Gasteiger partial charge in [-0.3, -0.25) is 14.2 Å². The highest BCUT2D eigenvalue weighted by atomic mass is 35.5. The van der Waals surface area contributed by atoms with Crippen LogP contribution in [0.2, 0.25) is 5.02 Å². The van der Waals surface area contributed by atoms with Gasteiger partial charge in [-0.25, -0.2) is 9.67 Å². The second kappa shape index (κ2) is 10.5. The van der Waals surface area contributed by atoms with Gasteiger partial charge in [-0.05, 0) is 29.8 Å². The molecule has 0 aliphatic heterocycles. The summed E-state index contributed by atoms with van der Waals surface area (Å²) in [6, 6.07) is 17.4. The lowest BCUT2D eigenvalue weighted by Gasteiger charge is -2.08. The number of aromatic nitrogens is 4. The Morgan fingerprint density at radius 3 is 2.78 bits per heavy atom. The molecule has 0 saturated heterocycles. The summed E-state index contributed by atoms with van der Waals surface area (Å²) in [4.78, 5) is 30.5. The number of nitrogens with one attached hydrogen (secondary N) is 1. The van der Waals surface area contributed by atoms with Gasteiger partial charge in [0.15, 0.2) is 5.65 Å². The minimum Gasteiger partial charge on any atom is -0.354 e. The van der Waals surface area contributed by atoms with Gasteiger partial charge in [-0.2, -0.15) is 5.10 Å². The predicted octanol–water partition coefficient (Wildman–Crippen LogP) is 3.59. The molecule has 9 heteroatoms. The van der Waals surface area contributed by atoms with E-state index in [9.17, 15) is 9.59 Å². The predicted molar refractivity (Wildman–Crippen MR) is 127 cm³/mol. The number of thioether (sulfide) groups is 1. The molecule has 1 N–H and O–H groups in total. The molecule has 0 unspecified atom stereocenters. The molecule has 0 atom stereocenters. The lowest BCUT2D eigenvalue weighted by Crippen LogP contribution is -2.28. The number of carbonyl (C=O) groups is 1. The van der Waals surface area contributed by atoms with Crippen LogP contribution in [0.1, 0.15) is 12.0 Å². The zero-order valence-electron chi connectivity index (χ0n) is 17.3. The van der Waals surface area contributed by atoms with Crippen molar-refractivity contribution in [3.05, 3.63) is 88.1 Å². The summed E-state index contributed by atoms with van der Waals surface area (Å²) in [6.07, 6.45) is 3.48. The molecule has 0 fully saturated rings. The van der Waals surface area contributed by atoms with Crippen molar-refractivity contribution < 1.29 is 4.79 Å². The topological polar surface area (TPSA) is 81.8 Å². The third-order valence-corrected chi connectivity index (χ3v) is 6.10. The Labute approximate surface area is 194 Å². The van der Waals surface area contributed by atoms with Gasteiger partial charge in [0.25, 0.3) is 5.56 Å². The number of nitrogens with zero attached hydrogens (tertiary/aromatic N) is 4. The van der Waals surface area contributed by atoms with Gasteiger partial charge >= 0.3 is 0 Å². The van der Waals surface area contributed by atoms with Crippen LogP contribution in [0.15, 0.2) is 76.8 Å². The van der Waals surface area contributed by atoms with Crippen molar-refractivity contribution in [3.8, 4) is 0 Å². The highest BCUT2D eigenvalue weighted by Gasteiger charge is 2.11. The van der Waals surface area contributed by atoms with E-state index in [4.69, 9.17) is 11.6 Å². The molecule has 0 aliphatic rings. The molecule has 0 aliphatic carbocycles. The summed E-state index contributed by atoms with van der Waals surface area (Å²) < 4.78 is 3.17. The number of halogens is 1. The Balaban J connectivity index is 1.31. The summed E-state index contributed by atoms with van der Waals surface area (Å²) >= 11 is 7.68. The van der Waals surface area contributed by atoms with Gasteiger partial charge < -0.3 is 5.32 Å². The number of fused-ring (bicyclic) bond motifs is 1. The zero-order chi connectivity index (χ0) is 22.3. The van der Waals surface area contributed by atoms with Crippen molar-refractivity contribution in [3.63, 3.8) is 0 Å². The molecular formula is C23H22ClN5O2S. The molecule has 4 rings (SSSR count). The molecule has 0 saturated carbocycles. The Kier molecular flexibility index (Phi) is 7.24. The van der Waals surface area contributed by atoms with Crippen molar-refractivity contribution in [2.24, 2.45) is 0 Å². The van der Waals surface area contributed by atoms with Crippen LogP contribution in [-0.2, 0) is 17.9 Å². The van der Waals surface area contributed by atoms with E-state index >= 15 is 0 Å². The second-order valence-corrected chi connectivity index (χ2v) is 8.78. The number of carbonyl (C=O) groups excluding carboxylic acids is 1. The van der Waals surface area contributed by atoms with Gasteiger partial charge in [0, 0.05) is 28.6 Å². The Morgan fingerprint density at radius 2 is 1.97 bits per heavy atom. The van der Waals surface area contributed by atoms with Gasteiger partial charge in [0.1, 0.15) is 11.7 Å². The van der Waals surface area contributed by atoms with E-state index in [0.29, 0.717) is 47.9 Å². The van der Waals surface area contributed by atoms with Crippen molar-refractivity contribution >= 4 is 40.3 Å². The van der Waals surface area contributed by atoms with Crippen LogP contribution < -0.4 is 10.9 Å². The van der Waals surface area contributed by atoms with E-state index in [0.717, 1.165) is 10.5 Å². The molecule has 2 aromatic carbocycles. The van der Waals surface area contributed by atoms with E-state index in [1.54, 1.807) is 22.5 Å². The second-order valence-electron chi connectivity index (χ2n) is 7.17. The zero-order valence-corrected chi connectivity index (χ0v) is 18.9. The first-order valence-corrected chi connectivity index (χ1v) is 11.6. The average Bonchev–Trinajstić information content (AvgIpc) is 3.20. The number of amides is 1. The lowest BCUT2D eigenvalue weighted by molar-refractivity contribution is -0.120. The first-order chi connectivity index (χ1) is 15.6. The van der Waals surface area contributed by atoms with Crippen molar-refractivity contribution in [1.29, 1.82) is 0 Å². The molecule has 32 heavy (non-hydrogen) atoms. The number of hydrogen-bond donors (Lipinski definition) is 1. The summed E-state index contributed by atoms with van der Waals surface area (Å²) in [7, 11) is 0. The van der Waals surface area contributed by atoms with Crippen LogP contribution >= 0.6 is 23.4 Å². The quantitative estimate of drug-likeness (QED) is 0.380. The van der Waals surface area contributed by atoms with Crippen molar-refractivity contribution in [1.82, 2.24) is 24.6 Å². The number of rotatable bonds is 9. The van der Waals surface area contributed by atoms with Crippen LogP contribution in [0.4, 0.5) is 0 Å². The summed E-state index contributed by atoms with van der Waals surface area (Å²) in [5, 5.41) is 8.25. The summed E-state index contributed by atoms with van der Waals surface area (Å²) in [5.74, 6) is 0.704. The molecule has 0 bridgehead atoms. The summed E-state index contributed by atoms with van der Waals surface area (Å²) in [5.41, 5.74) is 1.26. The molecular weight excluding hydrogens is 446 g/mol. The van der Waals surface area contributed by atoms with Crippen molar-refractivity contribution in [2.45, 2.75) is 24.4 Å². The molecule has 2 heterocycles. The first kappa shape index (κ1) is 22.1. The van der Waals surface area contributed by atoms with E-state index in [1.165, 1.54) is 17.1 Å². The van der Waals surface area contributed by atoms with Crippen LogP contribution in [0.5, 0.6) is 0 Å². The first-order valence-electron chi connectivity index (χ1n) is 10.2. The fourth-order valence-electron chi connectivity index (χ4n) is 3.27. The van der Waals surface area contributed by atoms with Crippen LogP contribution in [0, 0.1) is 0 Å². The fourth-order valence-corrected chi connectivity index (χ4v) is 4.36. The third-order valence-electron chi connectivity index (χ3n) is 4.85. The maximum atomic E-state index is 12.8. The molecule has 0 spiro atoms. The molecule has 2 aromatic heterocycles. The average molecular weight is 468 g/mol. The van der Waals surface area contributed by atoms with E-state index < -0.39 is 0 Å². The standard InChI is InChI=1S/C23H22ClN5O2S/c24-18-6-4-5-17(13-18)15-28-16-26-22-20(23(28)31)14-27-29(22)11-10-25-21(30)9-12-32-19-7-2-1-3-8-19/h1-8,13-14,16H,9-12,15H2,(H,25,30). The minimum absolute atomic E-state index is 0.0123. The van der Waals surface area contributed by atoms with Crippen LogP contribution in [-0.4, -0.2) is 37.5 Å². The Hall–Kier alpha value is -3.10. The number of hydrogen-bond acceptors (Lipinski definition) is 5. The monoisotopic (exact) mass is 467 g/mol. The molecule has 1 amide bonds. The summed E-state index contributed by atoms with van der Waals surface area (Å²) in [6.45, 7) is 1.23. The van der Waals surface area contributed by atoms with E-state index in [1.807, 2.05) is 48.5 Å². The van der Waals surface area contributed by atoms with E-state index in [-0.39, 0.29) is 11.5 Å². The molecule has 0 radical (unpaired) electrons. The third kappa shape index (κ3) is 5.57. The SMILES string of the molecule is O=C(CCSc1ccccc1)NCCn1ncc2c(=O)n(Cc3cccc(Cl)c3)cnc21.